The van der Waals surface area contributed by atoms with Gasteiger partial charge in [0.25, 0.3) is 0 Å². The molecule has 8 heteroatoms. The van der Waals surface area contributed by atoms with Crippen molar-refractivity contribution in [3.8, 4) is 0 Å². The first-order valence-corrected chi connectivity index (χ1v) is 6.18. The summed E-state index contributed by atoms with van der Waals surface area (Å²) in [7, 11) is -3.81. The van der Waals surface area contributed by atoms with Gasteiger partial charge in [-0.3, -0.25) is 4.72 Å². The van der Waals surface area contributed by atoms with Gasteiger partial charge in [0.05, 0.1) is 17.0 Å². The van der Waals surface area contributed by atoms with Gasteiger partial charge in [0.15, 0.2) is 0 Å². The van der Waals surface area contributed by atoms with Crippen LogP contribution in [0.4, 0.5) is 23.2 Å². The molecule has 0 heterocycles. The second kappa shape index (κ2) is 4.52. The monoisotopic (exact) mass is 271 g/mol. The van der Waals surface area contributed by atoms with E-state index in [2.05, 4.69) is 0 Å². The number of halogens is 4. The van der Waals surface area contributed by atoms with Crippen molar-refractivity contribution in [1.29, 1.82) is 0 Å². The average Bonchev–Trinajstić information content (AvgIpc) is 2.19. The second-order valence-electron chi connectivity index (χ2n) is 3.20. The third-order valence-corrected chi connectivity index (χ3v) is 3.23. The number of alkyl halides is 3. The van der Waals surface area contributed by atoms with Crippen LogP contribution in [0.1, 0.15) is 12.5 Å². The molecule has 0 unspecified atom stereocenters. The number of anilines is 1. The van der Waals surface area contributed by atoms with Crippen LogP contribution in [0.15, 0.2) is 18.2 Å². The van der Waals surface area contributed by atoms with Crippen LogP contribution in [0.2, 0.25) is 0 Å². The maximum absolute atomic E-state index is 13.1. The normalized spacial score (nSPS) is 12.5. The summed E-state index contributed by atoms with van der Waals surface area (Å²) >= 11 is 0. The molecule has 0 spiro atoms. The summed E-state index contributed by atoms with van der Waals surface area (Å²) in [6, 6.07) is 1.53. The highest BCUT2D eigenvalue weighted by Gasteiger charge is 2.31. The Kier molecular flexibility index (Phi) is 3.65. The molecular weight excluding hydrogens is 262 g/mol. The van der Waals surface area contributed by atoms with E-state index in [4.69, 9.17) is 0 Å². The van der Waals surface area contributed by atoms with Crippen molar-refractivity contribution >= 4 is 15.7 Å². The minimum absolute atomic E-state index is 0.358. The van der Waals surface area contributed by atoms with Crippen LogP contribution < -0.4 is 4.72 Å². The van der Waals surface area contributed by atoms with Crippen molar-refractivity contribution < 1.29 is 26.0 Å². The van der Waals surface area contributed by atoms with E-state index < -0.39 is 33.3 Å². The Bertz CT molecular complexity index is 510. The number of nitrogens with one attached hydrogen (secondary N) is 1. The first kappa shape index (κ1) is 13.8. The summed E-state index contributed by atoms with van der Waals surface area (Å²) in [5.74, 6) is -1.42. The van der Waals surface area contributed by atoms with Crippen molar-refractivity contribution in [3.63, 3.8) is 0 Å². The van der Waals surface area contributed by atoms with Gasteiger partial charge in [-0.05, 0) is 25.1 Å². The van der Waals surface area contributed by atoms with Crippen molar-refractivity contribution in [2.24, 2.45) is 0 Å². The summed E-state index contributed by atoms with van der Waals surface area (Å²) in [5.41, 5.74) is -1.82. The number of rotatable bonds is 3. The maximum atomic E-state index is 13.1. The maximum Gasteiger partial charge on any atom is 0.416 e. The van der Waals surface area contributed by atoms with E-state index in [1.165, 1.54) is 6.92 Å². The highest BCUT2D eigenvalue weighted by Crippen LogP contribution is 2.32. The molecule has 0 amide bonds. The smallest absolute Gasteiger partial charge is 0.281 e. The molecule has 0 bridgehead atoms. The van der Waals surface area contributed by atoms with E-state index >= 15 is 0 Å². The molecule has 17 heavy (non-hydrogen) atoms. The molecule has 0 aliphatic carbocycles. The summed E-state index contributed by atoms with van der Waals surface area (Å²) < 4.78 is 74.1. The molecule has 1 aromatic rings. The van der Waals surface area contributed by atoms with Gasteiger partial charge in [-0.15, -0.1) is 0 Å². The van der Waals surface area contributed by atoms with Crippen LogP contribution in [-0.2, 0) is 16.2 Å². The highest BCUT2D eigenvalue weighted by atomic mass is 32.2. The number of hydrogen-bond donors (Lipinski definition) is 1. The number of benzene rings is 1. The van der Waals surface area contributed by atoms with Crippen LogP contribution >= 0.6 is 0 Å². The van der Waals surface area contributed by atoms with E-state index in [0.29, 0.717) is 18.2 Å². The molecule has 0 atom stereocenters. The lowest BCUT2D eigenvalue weighted by atomic mass is 10.2. The molecule has 3 nitrogen and oxygen atoms in total. The van der Waals surface area contributed by atoms with Crippen molar-refractivity contribution in [3.05, 3.63) is 29.6 Å². The molecule has 0 saturated carbocycles. The van der Waals surface area contributed by atoms with E-state index in [1.54, 1.807) is 4.72 Å². The molecule has 96 valence electrons. The third kappa shape index (κ3) is 3.58. The zero-order chi connectivity index (χ0) is 13.3. The van der Waals surface area contributed by atoms with E-state index in [1.807, 2.05) is 0 Å². The second-order valence-corrected chi connectivity index (χ2v) is 5.21. The quantitative estimate of drug-likeness (QED) is 0.859. The van der Waals surface area contributed by atoms with Gasteiger partial charge in [-0.1, -0.05) is 0 Å². The van der Waals surface area contributed by atoms with Crippen molar-refractivity contribution in [1.82, 2.24) is 0 Å². The summed E-state index contributed by atoms with van der Waals surface area (Å²) in [6.07, 6.45) is -4.65. The average molecular weight is 271 g/mol. The Morgan fingerprint density at radius 1 is 1.29 bits per heavy atom. The van der Waals surface area contributed by atoms with Gasteiger partial charge in [0.1, 0.15) is 5.82 Å². The first-order valence-electron chi connectivity index (χ1n) is 4.53. The van der Waals surface area contributed by atoms with Crippen LogP contribution in [-0.4, -0.2) is 14.2 Å². The van der Waals surface area contributed by atoms with Gasteiger partial charge in [0, 0.05) is 0 Å². The molecule has 0 aliphatic rings. The molecule has 0 aromatic heterocycles. The standard InChI is InChI=1S/C9H9F4NO2S/c1-2-17(15,16)14-8-5-6(9(11,12)13)3-4-7(8)10/h3-5,14H,2H2,1H3. The Morgan fingerprint density at radius 2 is 1.88 bits per heavy atom. The zero-order valence-corrected chi connectivity index (χ0v) is 9.49. The van der Waals surface area contributed by atoms with Crippen LogP contribution in [0.3, 0.4) is 0 Å². The van der Waals surface area contributed by atoms with Crippen LogP contribution in [0.25, 0.3) is 0 Å². The number of hydrogen-bond acceptors (Lipinski definition) is 2. The van der Waals surface area contributed by atoms with Gasteiger partial charge in [-0.2, -0.15) is 13.2 Å². The molecule has 0 saturated heterocycles. The fourth-order valence-corrected chi connectivity index (χ4v) is 1.66. The Morgan fingerprint density at radius 3 is 2.35 bits per heavy atom. The lowest BCUT2D eigenvalue weighted by molar-refractivity contribution is -0.137. The van der Waals surface area contributed by atoms with Gasteiger partial charge < -0.3 is 0 Å². The van der Waals surface area contributed by atoms with E-state index in [9.17, 15) is 26.0 Å². The Labute approximate surface area is 95.5 Å². The van der Waals surface area contributed by atoms with Crippen LogP contribution in [0, 0.1) is 5.82 Å². The predicted octanol–water partition coefficient (Wildman–Crippen LogP) is 2.61. The lowest BCUT2D eigenvalue weighted by Gasteiger charge is -2.11. The first-order chi connectivity index (χ1) is 7.65. The third-order valence-electron chi connectivity index (χ3n) is 1.94. The predicted molar refractivity (Wildman–Crippen MR) is 54.5 cm³/mol. The largest absolute Gasteiger partial charge is 0.416 e. The van der Waals surface area contributed by atoms with E-state index in [0.717, 1.165) is 0 Å². The summed E-state index contributed by atoms with van der Waals surface area (Å²) in [6.45, 7) is 1.29. The van der Waals surface area contributed by atoms with Crippen LogP contribution in [0.5, 0.6) is 0 Å². The van der Waals surface area contributed by atoms with Crippen molar-refractivity contribution in [2.45, 2.75) is 13.1 Å². The molecule has 1 N–H and O–H groups in total. The van der Waals surface area contributed by atoms with Gasteiger partial charge in [0.2, 0.25) is 10.0 Å². The molecule has 1 aromatic carbocycles. The molecular formula is C9H9F4NO2S. The summed E-state index contributed by atoms with van der Waals surface area (Å²) in [4.78, 5) is 0. The topological polar surface area (TPSA) is 46.2 Å². The Balaban J connectivity index is 3.17. The highest BCUT2D eigenvalue weighted by molar-refractivity contribution is 7.92. The van der Waals surface area contributed by atoms with E-state index in [-0.39, 0.29) is 5.75 Å². The molecule has 0 fully saturated rings. The minimum Gasteiger partial charge on any atom is -0.281 e. The molecule has 1 rings (SSSR count). The molecule has 0 aliphatic heterocycles. The SMILES string of the molecule is CCS(=O)(=O)Nc1cc(C(F)(F)F)ccc1F. The fourth-order valence-electron chi connectivity index (χ4n) is 1.02. The fraction of sp³-hybridized carbons (Fsp3) is 0.333. The molecule has 0 radical (unpaired) electrons. The zero-order valence-electron chi connectivity index (χ0n) is 8.68. The minimum atomic E-state index is -4.65. The summed E-state index contributed by atoms with van der Waals surface area (Å²) in [5, 5.41) is 0. The van der Waals surface area contributed by atoms with Crippen molar-refractivity contribution in [2.75, 3.05) is 10.5 Å². The number of sulfonamides is 1. The lowest BCUT2D eigenvalue weighted by Crippen LogP contribution is -2.16. The Hall–Kier alpha value is -1.31. The van der Waals surface area contributed by atoms with Gasteiger partial charge >= 0.3 is 6.18 Å². The van der Waals surface area contributed by atoms with Gasteiger partial charge in [-0.25, -0.2) is 12.8 Å².